The summed E-state index contributed by atoms with van der Waals surface area (Å²) in [6, 6.07) is 1.22. The van der Waals surface area contributed by atoms with Gasteiger partial charge in [0, 0.05) is 13.5 Å². The zero-order valence-electron chi connectivity index (χ0n) is 17.2. The lowest BCUT2D eigenvalue weighted by molar-refractivity contribution is -0.261. The van der Waals surface area contributed by atoms with Crippen molar-refractivity contribution in [3.8, 4) is 5.75 Å². The van der Waals surface area contributed by atoms with Gasteiger partial charge < -0.3 is 25.4 Å². The van der Waals surface area contributed by atoms with Crippen molar-refractivity contribution in [3.63, 3.8) is 0 Å². The molecule has 1 fully saturated rings. The van der Waals surface area contributed by atoms with Crippen molar-refractivity contribution < 1.29 is 41.0 Å². The zero-order chi connectivity index (χ0) is 24.6. The van der Waals surface area contributed by atoms with Crippen molar-refractivity contribution in [2.45, 2.75) is 24.2 Å². The number of nitrogens with zero attached hydrogens (tertiary/aromatic N) is 3. The lowest BCUT2D eigenvalue weighted by Gasteiger charge is -2.31. The van der Waals surface area contributed by atoms with Crippen LogP contribution < -0.4 is 20.7 Å². The van der Waals surface area contributed by atoms with Crippen LogP contribution in [0.15, 0.2) is 24.4 Å². The van der Waals surface area contributed by atoms with Gasteiger partial charge in [-0.15, -0.1) is 5.10 Å². The van der Waals surface area contributed by atoms with Crippen LogP contribution in [0.2, 0.25) is 0 Å². The number of amides is 2. The summed E-state index contributed by atoms with van der Waals surface area (Å²) in [5.74, 6) is -5.30. The summed E-state index contributed by atoms with van der Waals surface area (Å²) < 4.78 is 79.4. The number of aromatic nitrogens is 2. The van der Waals surface area contributed by atoms with Gasteiger partial charge in [0.25, 0.3) is 5.91 Å². The molecule has 0 aliphatic carbocycles. The minimum atomic E-state index is -4.90. The van der Waals surface area contributed by atoms with Gasteiger partial charge in [0.2, 0.25) is 11.7 Å². The van der Waals surface area contributed by atoms with Gasteiger partial charge in [0.05, 0.1) is 31.2 Å². The number of carbonyl (C=O) groups excluding carboxylic acids is 2. The highest BCUT2D eigenvalue weighted by Crippen LogP contribution is 2.47. The fourth-order valence-electron chi connectivity index (χ4n) is 3.55. The quantitative estimate of drug-likeness (QED) is 0.614. The van der Waals surface area contributed by atoms with Crippen molar-refractivity contribution in [1.82, 2.24) is 10.2 Å². The van der Waals surface area contributed by atoms with E-state index >= 15 is 0 Å². The van der Waals surface area contributed by atoms with Crippen LogP contribution in [0.5, 0.6) is 5.75 Å². The number of halogens is 5. The summed E-state index contributed by atoms with van der Waals surface area (Å²) >= 11 is 0. The molecule has 2 heterocycles. The Balaban J connectivity index is 2.05. The predicted molar refractivity (Wildman–Crippen MR) is 104 cm³/mol. The highest BCUT2D eigenvalue weighted by molar-refractivity contribution is 5.99. The molecule has 1 saturated heterocycles. The Bertz CT molecular complexity index is 1080. The maximum Gasteiger partial charge on any atom is 0.419 e. The van der Waals surface area contributed by atoms with Crippen molar-refractivity contribution in [3.05, 3.63) is 41.7 Å². The van der Waals surface area contributed by atoms with Gasteiger partial charge in [0.1, 0.15) is 6.04 Å². The van der Waals surface area contributed by atoms with E-state index in [1.807, 2.05) is 0 Å². The van der Waals surface area contributed by atoms with Crippen molar-refractivity contribution >= 4 is 23.2 Å². The highest BCUT2D eigenvalue weighted by Gasteiger charge is 2.63. The summed E-state index contributed by atoms with van der Waals surface area (Å²) in [5.41, 5.74) is 1.67. The van der Waals surface area contributed by atoms with Crippen LogP contribution >= 0.6 is 0 Å². The third-order valence-electron chi connectivity index (χ3n) is 5.25. The number of methoxy groups -OCH3 is 2. The van der Waals surface area contributed by atoms with Gasteiger partial charge in [-0.25, -0.2) is 4.39 Å². The minimum absolute atomic E-state index is 0.0667. The fraction of sp³-hybridized carbons (Fsp3) is 0.368. The van der Waals surface area contributed by atoms with Gasteiger partial charge in [-0.2, -0.15) is 22.7 Å². The smallest absolute Gasteiger partial charge is 0.419 e. The van der Waals surface area contributed by atoms with E-state index in [0.717, 1.165) is 37.4 Å². The average molecular weight is 475 g/mol. The molecule has 33 heavy (non-hydrogen) atoms. The molecule has 3 N–H and O–H groups in total. The van der Waals surface area contributed by atoms with E-state index in [1.165, 1.54) is 0 Å². The van der Waals surface area contributed by atoms with Crippen LogP contribution in [-0.2, 0) is 9.53 Å². The molecule has 1 aliphatic rings. The molecule has 2 aromatic rings. The summed E-state index contributed by atoms with van der Waals surface area (Å²) in [6.07, 6.45) is -4.73. The van der Waals surface area contributed by atoms with E-state index in [1.54, 1.807) is 0 Å². The molecule has 0 spiro atoms. The first kappa shape index (κ1) is 24.1. The monoisotopic (exact) mass is 475 g/mol. The number of nitrogens with two attached hydrogens (primary N) is 1. The fourth-order valence-corrected chi connectivity index (χ4v) is 3.55. The predicted octanol–water partition coefficient (Wildman–Crippen LogP) is 2.03. The molecule has 2 atom stereocenters. The lowest BCUT2D eigenvalue weighted by Crippen LogP contribution is -2.49. The number of ether oxygens (including phenoxy) is 2. The van der Waals surface area contributed by atoms with E-state index in [-0.39, 0.29) is 17.1 Å². The number of rotatable bonds is 6. The third-order valence-corrected chi connectivity index (χ3v) is 5.25. The molecule has 3 rings (SSSR count). The molecule has 9 nitrogen and oxygen atoms in total. The highest BCUT2D eigenvalue weighted by atomic mass is 19.4. The second-order valence-electron chi connectivity index (χ2n) is 7.14. The van der Waals surface area contributed by atoms with Crippen molar-refractivity contribution in [2.75, 3.05) is 31.0 Å². The molecule has 0 saturated carbocycles. The Hall–Kier alpha value is -3.55. The van der Waals surface area contributed by atoms with Crippen LogP contribution in [0.1, 0.15) is 16.9 Å². The van der Waals surface area contributed by atoms with E-state index in [4.69, 9.17) is 15.2 Å². The maximum absolute atomic E-state index is 14.3. The number of anilines is 2. The van der Waals surface area contributed by atoms with Crippen LogP contribution in [0.4, 0.5) is 33.3 Å². The Morgan fingerprint density at radius 3 is 2.55 bits per heavy atom. The second-order valence-corrected chi connectivity index (χ2v) is 7.14. The molecule has 178 valence electrons. The van der Waals surface area contributed by atoms with Gasteiger partial charge in [-0.1, -0.05) is 0 Å². The number of carbonyl (C=O) groups is 2. The Morgan fingerprint density at radius 2 is 1.97 bits per heavy atom. The number of hydrogen-bond donors (Lipinski definition) is 2. The third kappa shape index (κ3) is 4.37. The first-order valence-corrected chi connectivity index (χ1v) is 9.28. The van der Waals surface area contributed by atoms with Crippen LogP contribution in [0.25, 0.3) is 0 Å². The number of benzene rings is 1. The average Bonchev–Trinajstić information content (AvgIpc) is 3.17. The Morgan fingerprint density at radius 1 is 1.27 bits per heavy atom. The molecule has 2 amide bonds. The Labute approximate surface area is 183 Å². The van der Waals surface area contributed by atoms with Gasteiger partial charge in [0.15, 0.2) is 22.9 Å². The van der Waals surface area contributed by atoms with E-state index in [9.17, 15) is 31.5 Å². The molecular formula is C19H18F5N5O4. The summed E-state index contributed by atoms with van der Waals surface area (Å²) in [6.45, 7) is -0.909. The topological polar surface area (TPSA) is 120 Å². The van der Waals surface area contributed by atoms with Gasteiger partial charge in [-0.3, -0.25) is 9.59 Å². The Kier molecular flexibility index (Phi) is 6.40. The SMILES string of the molecule is COc1c(N2CC(OC)(C(F)(F)F)CC2C(=O)Nc2cnnc(C(N)=O)c2)ccc(F)c1F. The molecule has 1 aromatic heterocycles. The minimum Gasteiger partial charge on any atom is -0.491 e. The molecule has 1 aromatic carbocycles. The van der Waals surface area contributed by atoms with Gasteiger partial charge >= 0.3 is 6.18 Å². The van der Waals surface area contributed by atoms with Crippen LogP contribution in [0, 0.1) is 11.6 Å². The van der Waals surface area contributed by atoms with Crippen molar-refractivity contribution in [1.29, 1.82) is 0 Å². The molecule has 2 unspecified atom stereocenters. The first-order valence-electron chi connectivity index (χ1n) is 9.28. The maximum atomic E-state index is 14.3. The van der Waals surface area contributed by atoms with E-state index in [2.05, 4.69) is 15.5 Å². The second kappa shape index (κ2) is 8.77. The van der Waals surface area contributed by atoms with Crippen molar-refractivity contribution in [2.24, 2.45) is 5.73 Å². The summed E-state index contributed by atoms with van der Waals surface area (Å²) in [7, 11) is 1.84. The van der Waals surface area contributed by atoms with E-state index in [0.29, 0.717) is 6.07 Å². The molecular weight excluding hydrogens is 457 g/mol. The zero-order valence-corrected chi connectivity index (χ0v) is 17.2. The number of hydrogen-bond acceptors (Lipinski definition) is 7. The molecule has 0 radical (unpaired) electrons. The first-order chi connectivity index (χ1) is 15.4. The standard InChI is InChI=1S/C19H18F5N5O4/c1-32-15-12(4-3-10(20)14(15)21)29-8-18(33-2,19(22,23)24)6-13(29)17(31)27-9-5-11(16(25)30)28-26-7-9/h3-5,7,13H,6,8H2,1-2H3,(H2,25,30)(H,27,28,31). The lowest BCUT2D eigenvalue weighted by atomic mass is 9.99. The number of primary amides is 1. The normalized spacial score (nSPS) is 20.6. The summed E-state index contributed by atoms with van der Waals surface area (Å²) in [5, 5.41) is 9.30. The van der Waals surface area contributed by atoms with E-state index < -0.39 is 60.0 Å². The summed E-state index contributed by atoms with van der Waals surface area (Å²) in [4.78, 5) is 25.2. The van der Waals surface area contributed by atoms with Gasteiger partial charge in [-0.05, 0) is 18.2 Å². The number of alkyl halides is 3. The molecule has 1 aliphatic heterocycles. The van der Waals surface area contributed by atoms with Crippen LogP contribution in [0.3, 0.4) is 0 Å². The molecule has 14 heteroatoms. The van der Waals surface area contributed by atoms with Crippen LogP contribution in [-0.4, -0.2) is 60.6 Å². The largest absolute Gasteiger partial charge is 0.491 e. The number of nitrogens with one attached hydrogen (secondary N) is 1. The molecule has 0 bridgehead atoms.